The second-order valence-electron chi connectivity index (χ2n) is 2.50. The molecule has 0 N–H and O–H groups in total. The van der Waals surface area contributed by atoms with Crippen LogP contribution in [0.1, 0.15) is 11.3 Å². The summed E-state index contributed by atoms with van der Waals surface area (Å²) in [6.45, 7) is 0.934. The first kappa shape index (κ1) is 9.71. The molecule has 1 radical (unpaired) electrons. The Bertz CT molecular complexity index is 184. The maximum absolute atomic E-state index is 10.00. The maximum atomic E-state index is 10.00. The third-order valence-corrected chi connectivity index (χ3v) is 2.46. The second-order valence-corrected chi connectivity index (χ2v) is 3.53. The molecule has 0 aliphatic carbocycles. The second kappa shape index (κ2) is 6.17. The molecule has 1 heterocycles. The summed E-state index contributed by atoms with van der Waals surface area (Å²) in [5.74, 6) is 0. The van der Waals surface area contributed by atoms with Gasteiger partial charge < -0.3 is 4.74 Å². The largest absolute Gasteiger partial charge is 0.379 e. The van der Waals surface area contributed by atoms with Gasteiger partial charge in [0.25, 0.3) is 0 Å². The third kappa shape index (κ3) is 3.85. The van der Waals surface area contributed by atoms with Gasteiger partial charge in [0.15, 0.2) is 0 Å². The predicted molar refractivity (Wildman–Crippen MR) is 49.0 cm³/mol. The van der Waals surface area contributed by atoms with Crippen LogP contribution in [0.2, 0.25) is 0 Å². The fraction of sp³-hybridized carbons (Fsp3) is 0.556. The molecule has 0 atom stereocenters. The van der Waals surface area contributed by atoms with Crippen LogP contribution in [0.15, 0.2) is 17.5 Å². The van der Waals surface area contributed by atoms with Crippen molar-refractivity contribution in [2.24, 2.45) is 0 Å². The summed E-state index contributed by atoms with van der Waals surface area (Å²) < 4.78 is 5.07. The minimum absolute atomic E-state index is 0.126. The fourth-order valence-corrected chi connectivity index (χ4v) is 1.72. The van der Waals surface area contributed by atoms with E-state index in [1.165, 1.54) is 4.88 Å². The van der Waals surface area contributed by atoms with Gasteiger partial charge in [-0.25, -0.2) is 5.11 Å². The van der Waals surface area contributed by atoms with Crippen LogP contribution in [0.4, 0.5) is 0 Å². The zero-order chi connectivity index (χ0) is 8.65. The highest BCUT2D eigenvalue weighted by Crippen LogP contribution is 2.10. The summed E-state index contributed by atoms with van der Waals surface area (Å²) in [7, 11) is 0. The monoisotopic (exact) mass is 185 g/mol. The van der Waals surface area contributed by atoms with Gasteiger partial charge in [-0.15, -0.1) is 11.3 Å². The SMILES string of the molecule is [O]CCOCCCc1cccs1. The molecule has 0 aliphatic rings. The van der Waals surface area contributed by atoms with Crippen molar-refractivity contribution < 1.29 is 9.84 Å². The van der Waals surface area contributed by atoms with Crippen LogP contribution >= 0.6 is 11.3 Å². The van der Waals surface area contributed by atoms with E-state index in [4.69, 9.17) is 4.74 Å². The smallest absolute Gasteiger partial charge is 0.106 e. The van der Waals surface area contributed by atoms with Gasteiger partial charge in [0, 0.05) is 11.5 Å². The Balaban J connectivity index is 1.96. The van der Waals surface area contributed by atoms with Gasteiger partial charge in [0.05, 0.1) is 6.61 Å². The van der Waals surface area contributed by atoms with Crippen LogP contribution in [0.5, 0.6) is 0 Å². The Morgan fingerprint density at radius 2 is 2.33 bits per heavy atom. The van der Waals surface area contributed by atoms with Crippen molar-refractivity contribution in [3.63, 3.8) is 0 Å². The molecule has 0 fully saturated rings. The first-order chi connectivity index (χ1) is 5.93. The average Bonchev–Trinajstić information content (AvgIpc) is 2.57. The van der Waals surface area contributed by atoms with E-state index in [1.54, 1.807) is 11.3 Å². The molecule has 12 heavy (non-hydrogen) atoms. The highest BCUT2D eigenvalue weighted by atomic mass is 32.1. The van der Waals surface area contributed by atoms with Crippen molar-refractivity contribution in [3.8, 4) is 0 Å². The van der Waals surface area contributed by atoms with Gasteiger partial charge in [0.1, 0.15) is 6.61 Å². The quantitative estimate of drug-likeness (QED) is 0.624. The van der Waals surface area contributed by atoms with Crippen LogP contribution in [0.25, 0.3) is 0 Å². The van der Waals surface area contributed by atoms with Crippen molar-refractivity contribution in [2.45, 2.75) is 12.8 Å². The number of aryl methyl sites for hydroxylation is 1. The van der Waals surface area contributed by atoms with Crippen LogP contribution < -0.4 is 0 Å². The number of ether oxygens (including phenoxy) is 1. The number of hydrogen-bond donors (Lipinski definition) is 0. The molecule has 1 rings (SSSR count). The Labute approximate surface area is 76.8 Å². The Kier molecular flexibility index (Phi) is 4.99. The Morgan fingerprint density at radius 1 is 1.42 bits per heavy atom. The van der Waals surface area contributed by atoms with E-state index in [0.29, 0.717) is 13.2 Å². The lowest BCUT2D eigenvalue weighted by molar-refractivity contribution is 0.0628. The van der Waals surface area contributed by atoms with Crippen molar-refractivity contribution in [2.75, 3.05) is 19.8 Å². The van der Waals surface area contributed by atoms with Crippen molar-refractivity contribution in [3.05, 3.63) is 22.4 Å². The topological polar surface area (TPSA) is 29.1 Å². The van der Waals surface area contributed by atoms with E-state index in [1.807, 2.05) is 0 Å². The van der Waals surface area contributed by atoms with Gasteiger partial charge in [-0.05, 0) is 24.3 Å². The minimum Gasteiger partial charge on any atom is -0.379 e. The summed E-state index contributed by atoms with van der Waals surface area (Å²) in [5, 5.41) is 12.1. The van der Waals surface area contributed by atoms with Crippen LogP contribution in [-0.2, 0) is 16.3 Å². The van der Waals surface area contributed by atoms with Crippen molar-refractivity contribution in [1.29, 1.82) is 0 Å². The van der Waals surface area contributed by atoms with E-state index in [9.17, 15) is 5.11 Å². The van der Waals surface area contributed by atoms with E-state index in [2.05, 4.69) is 17.5 Å². The molecular weight excluding hydrogens is 172 g/mol. The molecule has 0 aliphatic heterocycles. The molecule has 1 aromatic heterocycles. The standard InChI is InChI=1S/C9H13O2S/c10-5-7-11-6-1-3-9-4-2-8-12-9/h2,4,8H,1,3,5-7H2. The minimum atomic E-state index is -0.126. The zero-order valence-corrected chi connectivity index (χ0v) is 7.81. The van der Waals surface area contributed by atoms with Gasteiger partial charge in [0.2, 0.25) is 0 Å². The molecule has 2 nitrogen and oxygen atoms in total. The lowest BCUT2D eigenvalue weighted by atomic mass is 10.3. The molecule has 0 amide bonds. The highest BCUT2D eigenvalue weighted by Gasteiger charge is 1.93. The molecule has 0 saturated carbocycles. The van der Waals surface area contributed by atoms with E-state index in [-0.39, 0.29) is 6.61 Å². The summed E-state index contributed by atoms with van der Waals surface area (Å²) in [4.78, 5) is 1.39. The van der Waals surface area contributed by atoms with Crippen molar-refractivity contribution >= 4 is 11.3 Å². The maximum Gasteiger partial charge on any atom is 0.106 e. The van der Waals surface area contributed by atoms with Crippen LogP contribution in [0.3, 0.4) is 0 Å². The molecular formula is C9H13O2S. The van der Waals surface area contributed by atoms with E-state index >= 15 is 0 Å². The normalized spacial score (nSPS) is 10.4. The van der Waals surface area contributed by atoms with Gasteiger partial charge in [-0.2, -0.15) is 0 Å². The lowest BCUT2D eigenvalue weighted by Crippen LogP contribution is -2.00. The third-order valence-electron chi connectivity index (χ3n) is 1.52. The zero-order valence-electron chi connectivity index (χ0n) is 6.99. The molecule has 0 spiro atoms. The molecule has 0 aromatic carbocycles. The van der Waals surface area contributed by atoms with Gasteiger partial charge >= 0.3 is 0 Å². The number of rotatable bonds is 6. The molecule has 0 unspecified atom stereocenters. The van der Waals surface area contributed by atoms with E-state index in [0.717, 1.165) is 12.8 Å². The molecule has 67 valence electrons. The Hall–Kier alpha value is -0.380. The number of hydrogen-bond acceptors (Lipinski definition) is 2. The molecule has 0 saturated heterocycles. The van der Waals surface area contributed by atoms with E-state index < -0.39 is 0 Å². The first-order valence-electron chi connectivity index (χ1n) is 4.11. The molecule has 1 aromatic rings. The fourth-order valence-electron chi connectivity index (χ4n) is 0.964. The Morgan fingerprint density at radius 3 is 3.00 bits per heavy atom. The lowest BCUT2D eigenvalue weighted by Gasteiger charge is -1.99. The summed E-state index contributed by atoms with van der Waals surface area (Å²) >= 11 is 1.77. The number of thiophene rings is 1. The van der Waals surface area contributed by atoms with Crippen molar-refractivity contribution in [1.82, 2.24) is 0 Å². The summed E-state index contributed by atoms with van der Waals surface area (Å²) in [6.07, 6.45) is 2.08. The van der Waals surface area contributed by atoms with Crippen LogP contribution in [-0.4, -0.2) is 19.8 Å². The summed E-state index contributed by atoms with van der Waals surface area (Å²) in [6, 6.07) is 4.18. The van der Waals surface area contributed by atoms with Crippen LogP contribution in [0, 0.1) is 0 Å². The van der Waals surface area contributed by atoms with Gasteiger partial charge in [-0.1, -0.05) is 6.07 Å². The molecule has 3 heteroatoms. The average molecular weight is 185 g/mol. The highest BCUT2D eigenvalue weighted by molar-refractivity contribution is 7.09. The molecule has 0 bridgehead atoms. The van der Waals surface area contributed by atoms with Gasteiger partial charge in [-0.3, -0.25) is 0 Å². The predicted octanol–water partition coefficient (Wildman–Crippen LogP) is 2.13. The summed E-state index contributed by atoms with van der Waals surface area (Å²) in [5.41, 5.74) is 0. The first-order valence-corrected chi connectivity index (χ1v) is 4.99.